The van der Waals surface area contributed by atoms with Crippen molar-refractivity contribution in [1.82, 2.24) is 0 Å². The number of carbonyl (C=O) groups excluding carboxylic acids is 1. The van der Waals surface area contributed by atoms with E-state index in [-0.39, 0.29) is 5.91 Å². The Morgan fingerprint density at radius 1 is 1.12 bits per heavy atom. The van der Waals surface area contributed by atoms with E-state index in [9.17, 15) is 4.79 Å². The lowest BCUT2D eigenvalue weighted by atomic mass is 10.1. The molecule has 0 aliphatic heterocycles. The summed E-state index contributed by atoms with van der Waals surface area (Å²) in [7, 11) is 0. The Labute approximate surface area is 148 Å². The van der Waals surface area contributed by atoms with Gasteiger partial charge in [-0.25, -0.2) is 0 Å². The predicted molar refractivity (Wildman–Crippen MR) is 101 cm³/mol. The first-order valence-corrected chi connectivity index (χ1v) is 8.24. The van der Waals surface area contributed by atoms with E-state index in [2.05, 4.69) is 17.2 Å². The Balaban J connectivity index is 2.09. The van der Waals surface area contributed by atoms with E-state index in [1.807, 2.05) is 49.4 Å². The molecular formula is C20H24N2O3. The lowest BCUT2D eigenvalue weighted by Crippen LogP contribution is -2.07. The van der Waals surface area contributed by atoms with Gasteiger partial charge in [0, 0.05) is 30.4 Å². The van der Waals surface area contributed by atoms with Crippen LogP contribution in [-0.4, -0.2) is 19.1 Å². The Bertz CT molecular complexity index is 711. The molecule has 5 heteroatoms. The summed E-state index contributed by atoms with van der Waals surface area (Å²) in [5.41, 5.74) is 2.72. The van der Waals surface area contributed by atoms with Gasteiger partial charge >= 0.3 is 0 Å². The molecule has 0 fully saturated rings. The largest absolute Gasteiger partial charge is 0.490 e. The third kappa shape index (κ3) is 5.57. The van der Waals surface area contributed by atoms with E-state index < -0.39 is 0 Å². The van der Waals surface area contributed by atoms with Crippen molar-refractivity contribution in [3.05, 3.63) is 60.7 Å². The fourth-order valence-electron chi connectivity index (χ4n) is 2.35. The highest BCUT2D eigenvalue weighted by Crippen LogP contribution is 2.32. The number of amides is 1. The van der Waals surface area contributed by atoms with E-state index >= 15 is 0 Å². The summed E-state index contributed by atoms with van der Waals surface area (Å²) < 4.78 is 11.4. The fraction of sp³-hybridized carbons (Fsp3) is 0.250. The van der Waals surface area contributed by atoms with Crippen LogP contribution in [0.5, 0.6) is 11.5 Å². The molecule has 0 aliphatic carbocycles. The van der Waals surface area contributed by atoms with Gasteiger partial charge in [0.15, 0.2) is 11.5 Å². The van der Waals surface area contributed by atoms with Gasteiger partial charge < -0.3 is 20.1 Å². The number of carbonyl (C=O) groups is 1. The Morgan fingerprint density at radius 3 is 2.48 bits per heavy atom. The average Bonchev–Trinajstić information content (AvgIpc) is 2.60. The maximum Gasteiger partial charge on any atom is 0.221 e. The van der Waals surface area contributed by atoms with Gasteiger partial charge in [0.1, 0.15) is 6.61 Å². The molecule has 0 aromatic heterocycles. The van der Waals surface area contributed by atoms with Crippen molar-refractivity contribution < 1.29 is 14.3 Å². The van der Waals surface area contributed by atoms with E-state index in [1.54, 1.807) is 6.08 Å². The van der Waals surface area contributed by atoms with Crippen LogP contribution in [0.1, 0.15) is 19.4 Å². The lowest BCUT2D eigenvalue weighted by molar-refractivity contribution is -0.114. The first-order chi connectivity index (χ1) is 12.1. The normalized spacial score (nSPS) is 10.0. The minimum Gasteiger partial charge on any atom is -0.490 e. The minimum atomic E-state index is -0.0857. The highest BCUT2D eigenvalue weighted by molar-refractivity contribution is 5.88. The molecule has 0 atom stereocenters. The van der Waals surface area contributed by atoms with Crippen LogP contribution < -0.4 is 20.1 Å². The van der Waals surface area contributed by atoms with Gasteiger partial charge in [0.2, 0.25) is 5.91 Å². The van der Waals surface area contributed by atoms with Crippen molar-refractivity contribution in [3.63, 3.8) is 0 Å². The first-order valence-electron chi connectivity index (χ1n) is 8.24. The number of hydrogen-bond acceptors (Lipinski definition) is 4. The zero-order valence-corrected chi connectivity index (χ0v) is 14.7. The van der Waals surface area contributed by atoms with Gasteiger partial charge in [0.25, 0.3) is 0 Å². The zero-order valence-electron chi connectivity index (χ0n) is 14.7. The van der Waals surface area contributed by atoms with Crippen LogP contribution in [0.25, 0.3) is 0 Å². The van der Waals surface area contributed by atoms with Crippen molar-refractivity contribution >= 4 is 17.3 Å². The predicted octanol–water partition coefficient (Wildman–Crippen LogP) is 4.22. The molecule has 0 radical (unpaired) electrons. The first kappa shape index (κ1) is 18.4. The van der Waals surface area contributed by atoms with Crippen LogP contribution in [-0.2, 0) is 11.3 Å². The number of nitrogens with one attached hydrogen (secondary N) is 2. The molecule has 0 heterocycles. The molecule has 2 aromatic rings. The number of para-hydroxylation sites is 1. The summed E-state index contributed by atoms with van der Waals surface area (Å²) >= 11 is 0. The smallest absolute Gasteiger partial charge is 0.221 e. The third-order valence-corrected chi connectivity index (χ3v) is 3.39. The SMILES string of the molecule is C=CCOc1c(CNc2ccc(NC(C)=O)cc2)cccc1OCC. The van der Waals surface area contributed by atoms with Crippen molar-refractivity contribution in [2.45, 2.75) is 20.4 Å². The topological polar surface area (TPSA) is 59.6 Å². The number of benzene rings is 2. The van der Waals surface area contributed by atoms with Crippen LogP contribution in [0.3, 0.4) is 0 Å². The second kappa shape index (κ2) is 9.37. The van der Waals surface area contributed by atoms with Gasteiger partial charge in [-0.05, 0) is 37.3 Å². The second-order valence-electron chi connectivity index (χ2n) is 5.39. The van der Waals surface area contributed by atoms with Crippen molar-refractivity contribution in [2.75, 3.05) is 23.8 Å². The molecule has 2 N–H and O–H groups in total. The van der Waals surface area contributed by atoms with Gasteiger partial charge in [-0.15, -0.1) is 0 Å². The zero-order chi connectivity index (χ0) is 18.1. The molecule has 0 spiro atoms. The molecule has 0 bridgehead atoms. The van der Waals surface area contributed by atoms with Crippen molar-refractivity contribution in [1.29, 1.82) is 0 Å². The standard InChI is InChI=1S/C20H24N2O3/c1-4-13-25-20-16(7-6-8-19(20)24-5-2)14-21-17-9-11-18(12-10-17)22-15(3)23/h4,6-12,21H,1,5,13-14H2,2-3H3,(H,22,23). The highest BCUT2D eigenvalue weighted by Gasteiger charge is 2.10. The van der Waals surface area contributed by atoms with Crippen molar-refractivity contribution in [3.8, 4) is 11.5 Å². The monoisotopic (exact) mass is 340 g/mol. The molecule has 25 heavy (non-hydrogen) atoms. The summed E-state index contributed by atoms with van der Waals surface area (Å²) in [5.74, 6) is 1.37. The lowest BCUT2D eigenvalue weighted by Gasteiger charge is -2.16. The Hall–Kier alpha value is -2.95. The summed E-state index contributed by atoms with van der Waals surface area (Å²) in [6, 6.07) is 13.4. The molecule has 2 aromatic carbocycles. The molecule has 0 aliphatic rings. The summed E-state index contributed by atoms with van der Waals surface area (Å²) in [4.78, 5) is 11.1. The maximum atomic E-state index is 11.1. The highest BCUT2D eigenvalue weighted by atomic mass is 16.5. The van der Waals surface area contributed by atoms with Crippen molar-refractivity contribution in [2.24, 2.45) is 0 Å². The van der Waals surface area contributed by atoms with E-state index in [0.29, 0.717) is 19.8 Å². The molecule has 0 saturated heterocycles. The third-order valence-electron chi connectivity index (χ3n) is 3.39. The maximum absolute atomic E-state index is 11.1. The molecule has 0 unspecified atom stereocenters. The summed E-state index contributed by atoms with van der Waals surface area (Å²) in [6.45, 7) is 8.71. The molecule has 1 amide bonds. The van der Waals surface area contributed by atoms with Gasteiger partial charge in [-0.3, -0.25) is 4.79 Å². The van der Waals surface area contributed by atoms with Crippen LogP contribution in [0.2, 0.25) is 0 Å². The van der Waals surface area contributed by atoms with E-state index in [0.717, 1.165) is 28.4 Å². The van der Waals surface area contributed by atoms with E-state index in [1.165, 1.54) is 6.92 Å². The molecular weight excluding hydrogens is 316 g/mol. The van der Waals surface area contributed by atoms with Crippen LogP contribution >= 0.6 is 0 Å². The van der Waals surface area contributed by atoms with Gasteiger partial charge in [-0.2, -0.15) is 0 Å². The molecule has 5 nitrogen and oxygen atoms in total. The fourth-order valence-corrected chi connectivity index (χ4v) is 2.35. The van der Waals surface area contributed by atoms with Crippen LogP contribution in [0.15, 0.2) is 55.1 Å². The number of ether oxygens (including phenoxy) is 2. The van der Waals surface area contributed by atoms with E-state index in [4.69, 9.17) is 9.47 Å². The molecule has 132 valence electrons. The minimum absolute atomic E-state index is 0.0857. The van der Waals surface area contributed by atoms with Gasteiger partial charge in [0.05, 0.1) is 6.61 Å². The Morgan fingerprint density at radius 2 is 1.84 bits per heavy atom. The van der Waals surface area contributed by atoms with Crippen LogP contribution in [0, 0.1) is 0 Å². The molecule has 0 saturated carbocycles. The summed E-state index contributed by atoms with van der Waals surface area (Å²) in [6.07, 6.45) is 1.71. The number of rotatable bonds is 9. The number of anilines is 2. The second-order valence-corrected chi connectivity index (χ2v) is 5.39. The summed E-state index contributed by atoms with van der Waals surface area (Å²) in [5, 5.41) is 6.10. The quantitative estimate of drug-likeness (QED) is 0.671. The van der Waals surface area contributed by atoms with Crippen LogP contribution in [0.4, 0.5) is 11.4 Å². The number of hydrogen-bond donors (Lipinski definition) is 2. The average molecular weight is 340 g/mol. The Kier molecular flexibility index (Phi) is 6.89. The van der Waals surface area contributed by atoms with Gasteiger partial charge in [-0.1, -0.05) is 24.8 Å². The molecule has 2 rings (SSSR count).